The standard InChI is InChI=1S/C16H9ClF3N7O/c17-11-5-10(16(18,19)20)8-23-15(11)28-13-4-2-1-3-12(13)22-7-9(6-21)14-24-26-27-25-14/h1-5,7-8,22H,(H,24,25,26,27). The van der Waals surface area contributed by atoms with Gasteiger partial charge >= 0.3 is 6.18 Å². The second-order valence-electron chi connectivity index (χ2n) is 5.16. The number of aromatic nitrogens is 5. The largest absolute Gasteiger partial charge is 0.435 e. The van der Waals surface area contributed by atoms with Crippen molar-refractivity contribution in [1.29, 1.82) is 5.26 Å². The number of H-pyrrole nitrogens is 1. The summed E-state index contributed by atoms with van der Waals surface area (Å²) in [6, 6.07) is 9.13. The number of ether oxygens (including phenoxy) is 1. The highest BCUT2D eigenvalue weighted by molar-refractivity contribution is 6.31. The van der Waals surface area contributed by atoms with Gasteiger partial charge in [-0.15, -0.1) is 10.2 Å². The van der Waals surface area contributed by atoms with Gasteiger partial charge in [0.1, 0.15) is 16.7 Å². The molecule has 0 aliphatic rings. The van der Waals surface area contributed by atoms with Crippen LogP contribution in [0.3, 0.4) is 0 Å². The van der Waals surface area contributed by atoms with Gasteiger partial charge in [-0.3, -0.25) is 0 Å². The second kappa shape index (κ2) is 7.93. The minimum Gasteiger partial charge on any atom is -0.435 e. The molecule has 0 saturated heterocycles. The molecule has 3 rings (SSSR count). The van der Waals surface area contributed by atoms with Crippen LogP contribution in [0.5, 0.6) is 11.6 Å². The molecule has 142 valence electrons. The summed E-state index contributed by atoms with van der Waals surface area (Å²) < 4.78 is 43.7. The maximum Gasteiger partial charge on any atom is 0.417 e. The van der Waals surface area contributed by atoms with E-state index in [1.165, 1.54) is 6.20 Å². The van der Waals surface area contributed by atoms with E-state index in [1.54, 1.807) is 24.3 Å². The predicted molar refractivity (Wildman–Crippen MR) is 92.2 cm³/mol. The molecule has 0 atom stereocenters. The summed E-state index contributed by atoms with van der Waals surface area (Å²) in [5.74, 6) is 0.103. The molecule has 0 unspecified atom stereocenters. The van der Waals surface area contributed by atoms with Crippen molar-refractivity contribution in [3.8, 4) is 17.7 Å². The molecule has 8 nitrogen and oxygen atoms in total. The summed E-state index contributed by atoms with van der Waals surface area (Å²) in [6.45, 7) is 0. The fourth-order valence-corrected chi connectivity index (χ4v) is 2.21. The molecule has 0 spiro atoms. The lowest BCUT2D eigenvalue weighted by Crippen LogP contribution is -2.06. The molecular formula is C16H9ClF3N7O. The number of hydrogen-bond donors (Lipinski definition) is 2. The molecule has 2 N–H and O–H groups in total. The number of tetrazole rings is 1. The Morgan fingerprint density at radius 2 is 2.11 bits per heavy atom. The SMILES string of the molecule is N#CC(=CNc1ccccc1Oc1ncc(C(F)(F)F)cc1Cl)c1nn[nH]n1. The van der Waals surface area contributed by atoms with E-state index >= 15 is 0 Å². The molecular weight excluding hydrogens is 399 g/mol. The number of benzene rings is 1. The fraction of sp³-hybridized carbons (Fsp3) is 0.0625. The first-order valence-electron chi connectivity index (χ1n) is 7.48. The number of halogens is 4. The summed E-state index contributed by atoms with van der Waals surface area (Å²) in [5, 5.41) is 24.7. The molecule has 1 aromatic carbocycles. The van der Waals surface area contributed by atoms with Crippen LogP contribution in [0.2, 0.25) is 5.02 Å². The summed E-state index contributed by atoms with van der Waals surface area (Å²) in [7, 11) is 0. The average molecular weight is 408 g/mol. The third kappa shape index (κ3) is 4.36. The molecule has 2 heterocycles. The summed E-state index contributed by atoms with van der Waals surface area (Å²) in [5.41, 5.74) is -0.497. The molecule has 0 fully saturated rings. The van der Waals surface area contributed by atoms with Gasteiger partial charge in [0.2, 0.25) is 11.7 Å². The zero-order valence-corrected chi connectivity index (χ0v) is 14.5. The number of alkyl halides is 3. The molecule has 0 aliphatic carbocycles. The van der Waals surface area contributed by atoms with Gasteiger partial charge in [0.05, 0.1) is 11.3 Å². The van der Waals surface area contributed by atoms with Gasteiger partial charge in [0, 0.05) is 12.4 Å². The van der Waals surface area contributed by atoms with Crippen LogP contribution in [-0.2, 0) is 6.18 Å². The van der Waals surface area contributed by atoms with Crippen LogP contribution in [0, 0.1) is 11.3 Å². The van der Waals surface area contributed by atoms with Crippen molar-refractivity contribution in [3.05, 3.63) is 59.1 Å². The van der Waals surface area contributed by atoms with Crippen molar-refractivity contribution < 1.29 is 17.9 Å². The van der Waals surface area contributed by atoms with E-state index in [0.29, 0.717) is 11.9 Å². The third-order valence-corrected chi connectivity index (χ3v) is 3.58. The van der Waals surface area contributed by atoms with E-state index in [-0.39, 0.29) is 28.0 Å². The Morgan fingerprint density at radius 3 is 2.75 bits per heavy atom. The first-order chi connectivity index (χ1) is 13.4. The minimum absolute atomic E-state index is 0.0841. The number of nitrogens with one attached hydrogen (secondary N) is 2. The Bertz CT molecular complexity index is 1050. The maximum absolute atomic E-state index is 12.7. The Balaban J connectivity index is 1.84. The van der Waals surface area contributed by atoms with Crippen molar-refractivity contribution in [2.75, 3.05) is 5.32 Å². The van der Waals surface area contributed by atoms with E-state index < -0.39 is 11.7 Å². The van der Waals surface area contributed by atoms with Crippen LogP contribution in [0.25, 0.3) is 5.57 Å². The van der Waals surface area contributed by atoms with E-state index in [2.05, 4.69) is 30.9 Å². The third-order valence-electron chi connectivity index (χ3n) is 3.31. The highest BCUT2D eigenvalue weighted by Gasteiger charge is 2.31. The fourth-order valence-electron chi connectivity index (χ4n) is 2.01. The van der Waals surface area contributed by atoms with Crippen LogP contribution in [0.1, 0.15) is 11.4 Å². The molecule has 0 saturated carbocycles. The molecule has 3 aromatic rings. The number of allylic oxidation sites excluding steroid dienone is 1. The molecule has 0 aliphatic heterocycles. The molecule has 28 heavy (non-hydrogen) atoms. The van der Waals surface area contributed by atoms with Crippen molar-refractivity contribution in [1.82, 2.24) is 25.6 Å². The number of hydrogen-bond acceptors (Lipinski definition) is 7. The first kappa shape index (κ1) is 19.1. The van der Waals surface area contributed by atoms with Crippen LogP contribution in [0.4, 0.5) is 18.9 Å². The maximum atomic E-state index is 12.7. The Morgan fingerprint density at radius 1 is 1.32 bits per heavy atom. The van der Waals surface area contributed by atoms with E-state index in [4.69, 9.17) is 16.3 Å². The van der Waals surface area contributed by atoms with E-state index in [9.17, 15) is 18.4 Å². The van der Waals surface area contributed by atoms with Gasteiger partial charge in [-0.05, 0) is 23.4 Å². The topological polar surface area (TPSA) is 112 Å². The van der Waals surface area contributed by atoms with Crippen LogP contribution < -0.4 is 10.1 Å². The molecule has 0 amide bonds. The molecule has 2 aromatic heterocycles. The number of nitriles is 1. The van der Waals surface area contributed by atoms with Gasteiger partial charge in [-0.2, -0.15) is 23.6 Å². The minimum atomic E-state index is -4.57. The number of rotatable bonds is 5. The number of nitrogens with zero attached hydrogens (tertiary/aromatic N) is 5. The van der Waals surface area contributed by atoms with Crippen LogP contribution >= 0.6 is 11.6 Å². The zero-order valence-electron chi connectivity index (χ0n) is 13.7. The van der Waals surface area contributed by atoms with Gasteiger partial charge < -0.3 is 10.1 Å². The number of para-hydroxylation sites is 2. The Kier molecular flexibility index (Phi) is 5.42. The molecule has 0 bridgehead atoms. The molecule has 0 radical (unpaired) electrons. The highest BCUT2D eigenvalue weighted by Crippen LogP contribution is 2.36. The lowest BCUT2D eigenvalue weighted by atomic mass is 10.2. The number of anilines is 1. The second-order valence-corrected chi connectivity index (χ2v) is 5.56. The summed E-state index contributed by atoms with van der Waals surface area (Å²) in [6.07, 6.45) is -2.61. The number of aromatic amines is 1. The monoisotopic (exact) mass is 407 g/mol. The van der Waals surface area contributed by atoms with E-state index in [1.807, 2.05) is 6.07 Å². The highest BCUT2D eigenvalue weighted by atomic mass is 35.5. The van der Waals surface area contributed by atoms with Crippen molar-refractivity contribution >= 4 is 22.9 Å². The summed E-state index contributed by atoms with van der Waals surface area (Å²) in [4.78, 5) is 3.63. The van der Waals surface area contributed by atoms with Crippen LogP contribution in [0.15, 0.2) is 42.7 Å². The van der Waals surface area contributed by atoms with E-state index in [0.717, 1.165) is 6.07 Å². The lowest BCUT2D eigenvalue weighted by molar-refractivity contribution is -0.137. The van der Waals surface area contributed by atoms with Crippen molar-refractivity contribution in [3.63, 3.8) is 0 Å². The predicted octanol–water partition coefficient (Wildman–Crippen LogP) is 4.04. The van der Waals surface area contributed by atoms with Gasteiger partial charge in [0.25, 0.3) is 0 Å². The van der Waals surface area contributed by atoms with Gasteiger partial charge in [-0.25, -0.2) is 4.98 Å². The Hall–Kier alpha value is -3.65. The Labute approximate surface area is 160 Å². The first-order valence-corrected chi connectivity index (χ1v) is 7.86. The van der Waals surface area contributed by atoms with Gasteiger partial charge in [0.15, 0.2) is 5.75 Å². The summed E-state index contributed by atoms with van der Waals surface area (Å²) >= 11 is 5.87. The number of pyridine rings is 1. The average Bonchev–Trinajstić information content (AvgIpc) is 3.19. The molecule has 12 heteroatoms. The van der Waals surface area contributed by atoms with Crippen molar-refractivity contribution in [2.24, 2.45) is 0 Å². The zero-order chi connectivity index (χ0) is 20.1. The van der Waals surface area contributed by atoms with Gasteiger partial charge in [-0.1, -0.05) is 23.7 Å². The lowest BCUT2D eigenvalue weighted by Gasteiger charge is -2.12. The smallest absolute Gasteiger partial charge is 0.417 e. The normalized spacial score (nSPS) is 11.8. The van der Waals surface area contributed by atoms with Crippen molar-refractivity contribution in [2.45, 2.75) is 6.18 Å². The quantitative estimate of drug-likeness (QED) is 0.614. The van der Waals surface area contributed by atoms with Crippen LogP contribution in [-0.4, -0.2) is 25.6 Å².